The fourth-order valence-electron chi connectivity index (χ4n) is 1.96. The van der Waals surface area contributed by atoms with Gasteiger partial charge in [-0.3, -0.25) is 9.59 Å². The highest BCUT2D eigenvalue weighted by Gasteiger charge is 2.36. The second-order valence-corrected chi connectivity index (χ2v) is 4.85. The Balaban J connectivity index is 2.17. The molecule has 1 aromatic rings. The molecule has 0 aliphatic carbocycles. The van der Waals surface area contributed by atoms with E-state index in [0.717, 1.165) is 5.69 Å². The Morgan fingerprint density at radius 3 is 2.89 bits per heavy atom. The van der Waals surface area contributed by atoms with Crippen LogP contribution in [0, 0.1) is 0 Å². The van der Waals surface area contributed by atoms with Crippen molar-refractivity contribution in [2.75, 3.05) is 6.54 Å². The van der Waals surface area contributed by atoms with E-state index in [0.29, 0.717) is 19.5 Å². The average molecular weight is 248 g/mol. The van der Waals surface area contributed by atoms with Gasteiger partial charge in [0.05, 0.1) is 12.2 Å². The molecule has 0 saturated carbocycles. The van der Waals surface area contributed by atoms with Crippen molar-refractivity contribution < 1.29 is 9.59 Å². The predicted molar refractivity (Wildman–Crippen MR) is 64.3 cm³/mol. The molecular weight excluding hydrogens is 232 g/mol. The van der Waals surface area contributed by atoms with Crippen molar-refractivity contribution in [1.29, 1.82) is 0 Å². The van der Waals surface area contributed by atoms with E-state index >= 15 is 0 Å². The molecule has 1 saturated heterocycles. The topological polar surface area (TPSA) is 75.2 Å². The van der Waals surface area contributed by atoms with Crippen molar-refractivity contribution in [2.24, 2.45) is 0 Å². The minimum Gasteiger partial charge on any atom is -0.342 e. The molecule has 2 rings (SSSR count). The molecule has 0 radical (unpaired) electrons. The summed E-state index contributed by atoms with van der Waals surface area (Å²) in [5.74, 6) is -0.189. The maximum absolute atomic E-state index is 12.3. The van der Waals surface area contributed by atoms with Gasteiger partial charge in [-0.15, -0.1) is 0 Å². The molecule has 2 amide bonds. The summed E-state index contributed by atoms with van der Waals surface area (Å²) in [6, 6.07) is 1.76. The third-order valence-corrected chi connectivity index (χ3v) is 2.88. The van der Waals surface area contributed by atoms with Gasteiger partial charge >= 0.3 is 0 Å². The van der Waals surface area contributed by atoms with Crippen molar-refractivity contribution >= 4 is 11.8 Å². The summed E-state index contributed by atoms with van der Waals surface area (Å²) in [6.45, 7) is 4.24. The number of amides is 2. The maximum atomic E-state index is 12.3. The molecule has 0 bridgehead atoms. The van der Waals surface area contributed by atoms with E-state index in [4.69, 9.17) is 0 Å². The number of nitrogens with one attached hydrogen (secondary N) is 1. The first kappa shape index (κ1) is 12.5. The minimum absolute atomic E-state index is 0.0908. The first-order chi connectivity index (χ1) is 8.49. The second kappa shape index (κ2) is 4.72. The molecule has 0 spiro atoms. The van der Waals surface area contributed by atoms with Crippen molar-refractivity contribution in [3.05, 3.63) is 24.3 Å². The van der Waals surface area contributed by atoms with E-state index < -0.39 is 5.54 Å². The Morgan fingerprint density at radius 1 is 1.44 bits per heavy atom. The highest BCUT2D eigenvalue weighted by Crippen LogP contribution is 2.15. The van der Waals surface area contributed by atoms with Crippen LogP contribution in [0.4, 0.5) is 0 Å². The lowest BCUT2D eigenvalue weighted by Crippen LogP contribution is -2.52. The van der Waals surface area contributed by atoms with Crippen LogP contribution < -0.4 is 5.32 Å². The van der Waals surface area contributed by atoms with Gasteiger partial charge in [-0.05, 0) is 19.9 Å². The molecule has 1 N–H and O–H groups in total. The van der Waals surface area contributed by atoms with Crippen LogP contribution >= 0.6 is 0 Å². The Morgan fingerprint density at radius 2 is 2.22 bits per heavy atom. The number of carbonyl (C=O) groups is 2. The van der Waals surface area contributed by atoms with Crippen LogP contribution in [-0.4, -0.2) is 38.8 Å². The lowest BCUT2D eigenvalue weighted by molar-refractivity contribution is -0.137. The van der Waals surface area contributed by atoms with Crippen LogP contribution in [-0.2, 0) is 16.1 Å². The Hall–Kier alpha value is -1.98. The van der Waals surface area contributed by atoms with Crippen molar-refractivity contribution in [3.63, 3.8) is 0 Å². The van der Waals surface area contributed by atoms with Crippen LogP contribution in [0.5, 0.6) is 0 Å². The van der Waals surface area contributed by atoms with Gasteiger partial charge in [0.15, 0.2) is 0 Å². The standard InChI is InChI=1S/C12H16N4O2/c1-12(2)11(18)16(6-4-10(17)15-12)7-9-3-5-13-8-14-9/h3,5,8H,4,6-7H2,1-2H3,(H,15,17). The van der Waals surface area contributed by atoms with Crippen LogP contribution in [0.25, 0.3) is 0 Å². The smallest absolute Gasteiger partial charge is 0.248 e. The molecule has 6 heteroatoms. The Labute approximate surface area is 105 Å². The number of carbonyl (C=O) groups excluding carboxylic acids is 2. The fourth-order valence-corrected chi connectivity index (χ4v) is 1.96. The molecule has 1 fully saturated rings. The molecule has 0 aromatic carbocycles. The number of hydrogen-bond donors (Lipinski definition) is 1. The van der Waals surface area contributed by atoms with Crippen LogP contribution in [0.15, 0.2) is 18.6 Å². The average Bonchev–Trinajstić information content (AvgIpc) is 2.42. The summed E-state index contributed by atoms with van der Waals surface area (Å²) >= 11 is 0. The van der Waals surface area contributed by atoms with Gasteiger partial charge in [-0.25, -0.2) is 9.97 Å². The summed E-state index contributed by atoms with van der Waals surface area (Å²) in [5.41, 5.74) is -0.0934. The van der Waals surface area contributed by atoms with E-state index in [1.54, 1.807) is 31.0 Å². The van der Waals surface area contributed by atoms with Gasteiger partial charge in [-0.2, -0.15) is 0 Å². The molecule has 0 unspecified atom stereocenters. The van der Waals surface area contributed by atoms with Gasteiger partial charge in [0.25, 0.3) is 0 Å². The predicted octanol–water partition coefficient (Wildman–Crippen LogP) is 0.104. The van der Waals surface area contributed by atoms with Crippen LogP contribution in [0.2, 0.25) is 0 Å². The van der Waals surface area contributed by atoms with Crippen molar-refractivity contribution in [2.45, 2.75) is 32.4 Å². The molecule has 2 heterocycles. The molecule has 1 aliphatic rings. The maximum Gasteiger partial charge on any atom is 0.248 e. The molecule has 0 atom stereocenters. The van der Waals surface area contributed by atoms with E-state index in [9.17, 15) is 9.59 Å². The molecule has 18 heavy (non-hydrogen) atoms. The summed E-state index contributed by atoms with van der Waals surface area (Å²) < 4.78 is 0. The van der Waals surface area contributed by atoms with Crippen molar-refractivity contribution in [1.82, 2.24) is 20.2 Å². The zero-order valence-corrected chi connectivity index (χ0v) is 10.5. The highest BCUT2D eigenvalue weighted by atomic mass is 16.2. The summed E-state index contributed by atoms with van der Waals surface area (Å²) in [4.78, 5) is 33.4. The summed E-state index contributed by atoms with van der Waals surface area (Å²) in [6.07, 6.45) is 3.41. The third-order valence-electron chi connectivity index (χ3n) is 2.88. The second-order valence-electron chi connectivity index (χ2n) is 4.85. The van der Waals surface area contributed by atoms with Gasteiger partial charge in [0.1, 0.15) is 11.9 Å². The number of aromatic nitrogens is 2. The zero-order chi connectivity index (χ0) is 13.2. The quantitative estimate of drug-likeness (QED) is 0.805. The SMILES string of the molecule is CC1(C)NC(=O)CCN(Cc2ccncn2)C1=O. The summed E-state index contributed by atoms with van der Waals surface area (Å²) in [5, 5.41) is 2.72. The third kappa shape index (κ3) is 2.64. The molecular formula is C12H16N4O2. The minimum atomic E-state index is -0.861. The molecule has 1 aromatic heterocycles. The monoisotopic (exact) mass is 248 g/mol. The first-order valence-corrected chi connectivity index (χ1v) is 5.84. The Bertz CT molecular complexity index is 458. The summed E-state index contributed by atoms with van der Waals surface area (Å²) in [7, 11) is 0. The van der Waals surface area contributed by atoms with Crippen LogP contribution in [0.3, 0.4) is 0 Å². The highest BCUT2D eigenvalue weighted by molar-refractivity contribution is 5.92. The fraction of sp³-hybridized carbons (Fsp3) is 0.500. The zero-order valence-electron chi connectivity index (χ0n) is 10.5. The normalized spacial score (nSPS) is 19.3. The molecule has 1 aliphatic heterocycles. The van der Waals surface area contributed by atoms with E-state index in [1.807, 2.05) is 0 Å². The number of hydrogen-bond acceptors (Lipinski definition) is 4. The van der Waals surface area contributed by atoms with Crippen molar-refractivity contribution in [3.8, 4) is 0 Å². The van der Waals surface area contributed by atoms with Crippen LogP contribution in [0.1, 0.15) is 26.0 Å². The van der Waals surface area contributed by atoms with E-state index in [-0.39, 0.29) is 11.8 Å². The van der Waals surface area contributed by atoms with E-state index in [2.05, 4.69) is 15.3 Å². The van der Waals surface area contributed by atoms with Gasteiger partial charge in [0, 0.05) is 19.2 Å². The van der Waals surface area contributed by atoms with Gasteiger partial charge in [0.2, 0.25) is 11.8 Å². The van der Waals surface area contributed by atoms with E-state index in [1.165, 1.54) is 6.33 Å². The lowest BCUT2D eigenvalue weighted by Gasteiger charge is -2.28. The lowest BCUT2D eigenvalue weighted by atomic mass is 10.0. The Kier molecular flexibility index (Phi) is 3.27. The molecule has 96 valence electrons. The first-order valence-electron chi connectivity index (χ1n) is 5.84. The van der Waals surface area contributed by atoms with Gasteiger partial charge < -0.3 is 10.2 Å². The number of nitrogens with zero attached hydrogens (tertiary/aromatic N) is 3. The largest absolute Gasteiger partial charge is 0.342 e. The number of rotatable bonds is 2. The molecule has 6 nitrogen and oxygen atoms in total. The van der Waals surface area contributed by atoms with Gasteiger partial charge in [-0.1, -0.05) is 0 Å².